The molecule has 0 aliphatic heterocycles. The van der Waals surface area contributed by atoms with Gasteiger partial charge in [0, 0.05) is 16.6 Å². The van der Waals surface area contributed by atoms with Gasteiger partial charge in [-0.2, -0.15) is 13.2 Å². The molecule has 0 saturated carbocycles. The number of hydrogen-bond donors (Lipinski definition) is 1. The van der Waals surface area contributed by atoms with Gasteiger partial charge in [0.05, 0.1) is 5.56 Å². The van der Waals surface area contributed by atoms with E-state index in [9.17, 15) is 22.8 Å². The molecule has 0 aliphatic carbocycles. The molecule has 1 atom stereocenters. The third-order valence-electron chi connectivity index (χ3n) is 3.87. The van der Waals surface area contributed by atoms with Gasteiger partial charge in [-0.3, -0.25) is 4.79 Å². The van der Waals surface area contributed by atoms with Gasteiger partial charge in [-0.15, -0.1) is 11.3 Å². The Morgan fingerprint density at radius 2 is 1.72 bits per heavy atom. The minimum Gasteiger partial charge on any atom is -0.448 e. The van der Waals surface area contributed by atoms with Crippen molar-refractivity contribution in [3.8, 4) is 10.6 Å². The Kier molecular flexibility index (Phi) is 5.97. The molecule has 3 aromatic rings. The standard InChI is InChI=1S/C20H15F3N2O3S/c1-12(17(26)24-15-9-7-14(8-10-15)20(21,22)23)28-19(27)16-11-29-18(25-16)13-5-3-2-4-6-13/h2-12H,1H3,(H,24,26). The van der Waals surface area contributed by atoms with Crippen molar-refractivity contribution in [2.24, 2.45) is 0 Å². The van der Waals surface area contributed by atoms with Crippen LogP contribution in [0.4, 0.5) is 18.9 Å². The molecule has 0 aliphatic rings. The lowest BCUT2D eigenvalue weighted by Crippen LogP contribution is -2.30. The van der Waals surface area contributed by atoms with Crippen LogP contribution >= 0.6 is 11.3 Å². The van der Waals surface area contributed by atoms with Gasteiger partial charge in [-0.05, 0) is 31.2 Å². The highest BCUT2D eigenvalue weighted by Gasteiger charge is 2.30. The van der Waals surface area contributed by atoms with Gasteiger partial charge < -0.3 is 10.1 Å². The molecular weight excluding hydrogens is 405 g/mol. The molecule has 3 rings (SSSR count). The normalized spacial score (nSPS) is 12.3. The van der Waals surface area contributed by atoms with E-state index in [1.165, 1.54) is 23.6 Å². The van der Waals surface area contributed by atoms with Crippen molar-refractivity contribution in [3.05, 3.63) is 71.2 Å². The average Bonchev–Trinajstić information content (AvgIpc) is 3.19. The van der Waals surface area contributed by atoms with Crippen LogP contribution in [0, 0.1) is 0 Å². The predicted molar refractivity (Wildman–Crippen MR) is 103 cm³/mol. The largest absolute Gasteiger partial charge is 0.448 e. The molecule has 0 bridgehead atoms. The maximum atomic E-state index is 12.6. The molecule has 0 radical (unpaired) electrons. The fourth-order valence-corrected chi connectivity index (χ4v) is 3.14. The van der Waals surface area contributed by atoms with E-state index in [-0.39, 0.29) is 11.4 Å². The van der Waals surface area contributed by atoms with Crippen LogP contribution in [0.3, 0.4) is 0 Å². The highest BCUT2D eigenvalue weighted by molar-refractivity contribution is 7.13. The molecule has 1 unspecified atom stereocenters. The van der Waals surface area contributed by atoms with Gasteiger partial charge >= 0.3 is 12.1 Å². The number of thiazole rings is 1. The Balaban J connectivity index is 1.59. The Bertz CT molecular complexity index is 1000. The summed E-state index contributed by atoms with van der Waals surface area (Å²) in [4.78, 5) is 28.6. The number of esters is 1. The van der Waals surface area contributed by atoms with Gasteiger partial charge in [0.25, 0.3) is 5.91 Å². The summed E-state index contributed by atoms with van der Waals surface area (Å²) in [5, 5.41) is 4.58. The summed E-state index contributed by atoms with van der Waals surface area (Å²) in [7, 11) is 0. The minimum atomic E-state index is -4.46. The smallest absolute Gasteiger partial charge is 0.416 e. The first-order chi connectivity index (χ1) is 13.7. The molecule has 150 valence electrons. The molecule has 0 fully saturated rings. The Labute approximate surface area is 168 Å². The number of rotatable bonds is 5. The molecule has 0 spiro atoms. The first-order valence-corrected chi connectivity index (χ1v) is 9.32. The first kappa shape index (κ1) is 20.5. The molecular formula is C20H15F3N2O3S. The van der Waals surface area contributed by atoms with Crippen molar-refractivity contribution in [1.29, 1.82) is 0 Å². The van der Waals surface area contributed by atoms with Crippen LogP contribution in [0.1, 0.15) is 23.0 Å². The van der Waals surface area contributed by atoms with E-state index >= 15 is 0 Å². The van der Waals surface area contributed by atoms with Crippen molar-refractivity contribution in [2.75, 3.05) is 5.32 Å². The number of hydrogen-bond acceptors (Lipinski definition) is 5. The number of anilines is 1. The van der Waals surface area contributed by atoms with Crippen LogP contribution in [0.5, 0.6) is 0 Å². The summed E-state index contributed by atoms with van der Waals surface area (Å²) < 4.78 is 42.8. The number of halogens is 3. The van der Waals surface area contributed by atoms with Crippen molar-refractivity contribution in [3.63, 3.8) is 0 Å². The third kappa shape index (κ3) is 5.20. The SMILES string of the molecule is CC(OC(=O)c1csc(-c2ccccc2)n1)C(=O)Nc1ccc(C(F)(F)F)cc1. The summed E-state index contributed by atoms with van der Waals surface area (Å²) in [6.07, 6.45) is -5.62. The summed E-state index contributed by atoms with van der Waals surface area (Å²) in [5.74, 6) is -1.44. The number of amides is 1. The van der Waals surface area contributed by atoms with Gasteiger partial charge in [0.15, 0.2) is 11.8 Å². The number of aromatic nitrogens is 1. The number of nitrogens with one attached hydrogen (secondary N) is 1. The van der Waals surface area contributed by atoms with Crippen LogP contribution in [-0.2, 0) is 15.7 Å². The van der Waals surface area contributed by atoms with E-state index in [1.54, 1.807) is 0 Å². The van der Waals surface area contributed by atoms with Gasteiger partial charge in [0.1, 0.15) is 5.01 Å². The highest BCUT2D eigenvalue weighted by Crippen LogP contribution is 2.30. The predicted octanol–water partition coefficient (Wildman–Crippen LogP) is 5.01. The second-order valence-electron chi connectivity index (χ2n) is 6.02. The van der Waals surface area contributed by atoms with Crippen LogP contribution in [-0.4, -0.2) is 23.0 Å². The number of carbonyl (C=O) groups is 2. The Morgan fingerprint density at radius 1 is 1.07 bits per heavy atom. The van der Waals surface area contributed by atoms with Gasteiger partial charge in [-0.25, -0.2) is 9.78 Å². The highest BCUT2D eigenvalue weighted by atomic mass is 32.1. The maximum absolute atomic E-state index is 12.6. The lowest BCUT2D eigenvalue weighted by Gasteiger charge is -2.13. The number of alkyl halides is 3. The summed E-state index contributed by atoms with van der Waals surface area (Å²) >= 11 is 1.27. The summed E-state index contributed by atoms with van der Waals surface area (Å²) in [6, 6.07) is 13.2. The van der Waals surface area contributed by atoms with Crippen LogP contribution in [0.15, 0.2) is 60.0 Å². The monoisotopic (exact) mass is 420 g/mol. The molecule has 1 aromatic heterocycles. The molecule has 5 nitrogen and oxygen atoms in total. The third-order valence-corrected chi connectivity index (χ3v) is 4.76. The number of nitrogens with zero attached hydrogens (tertiary/aromatic N) is 1. The fourth-order valence-electron chi connectivity index (χ4n) is 2.34. The molecule has 2 aromatic carbocycles. The van der Waals surface area contributed by atoms with E-state index in [0.717, 1.165) is 29.8 Å². The van der Waals surface area contributed by atoms with E-state index in [0.29, 0.717) is 5.01 Å². The lowest BCUT2D eigenvalue weighted by molar-refractivity contribution is -0.137. The summed E-state index contributed by atoms with van der Waals surface area (Å²) in [5.41, 5.74) is 0.256. The topological polar surface area (TPSA) is 68.3 Å². The molecule has 1 N–H and O–H groups in total. The van der Waals surface area contributed by atoms with Gasteiger partial charge in [0.2, 0.25) is 0 Å². The first-order valence-electron chi connectivity index (χ1n) is 8.44. The van der Waals surface area contributed by atoms with Crippen molar-refractivity contribution in [2.45, 2.75) is 19.2 Å². The van der Waals surface area contributed by atoms with Crippen LogP contribution in [0.2, 0.25) is 0 Å². The minimum absolute atomic E-state index is 0.0723. The molecule has 29 heavy (non-hydrogen) atoms. The molecule has 9 heteroatoms. The zero-order valence-electron chi connectivity index (χ0n) is 15.1. The van der Waals surface area contributed by atoms with E-state index in [4.69, 9.17) is 4.74 Å². The second-order valence-corrected chi connectivity index (χ2v) is 6.87. The average molecular weight is 420 g/mol. The molecule has 0 saturated heterocycles. The Hall–Kier alpha value is -3.20. The second kappa shape index (κ2) is 8.44. The van der Waals surface area contributed by atoms with E-state index < -0.39 is 29.7 Å². The van der Waals surface area contributed by atoms with Crippen LogP contribution < -0.4 is 5.32 Å². The molecule has 1 heterocycles. The van der Waals surface area contributed by atoms with Crippen molar-refractivity contribution >= 4 is 28.9 Å². The molecule has 1 amide bonds. The lowest BCUT2D eigenvalue weighted by atomic mass is 10.2. The van der Waals surface area contributed by atoms with Gasteiger partial charge in [-0.1, -0.05) is 30.3 Å². The van der Waals surface area contributed by atoms with Crippen LogP contribution in [0.25, 0.3) is 10.6 Å². The number of ether oxygens (including phenoxy) is 1. The van der Waals surface area contributed by atoms with Crippen molar-refractivity contribution in [1.82, 2.24) is 4.98 Å². The fraction of sp³-hybridized carbons (Fsp3) is 0.150. The van der Waals surface area contributed by atoms with E-state index in [2.05, 4.69) is 10.3 Å². The number of benzene rings is 2. The van der Waals surface area contributed by atoms with E-state index in [1.807, 2.05) is 30.3 Å². The zero-order chi connectivity index (χ0) is 21.0. The summed E-state index contributed by atoms with van der Waals surface area (Å²) in [6.45, 7) is 1.36. The van der Waals surface area contributed by atoms with Crippen molar-refractivity contribution < 1.29 is 27.5 Å². The number of carbonyl (C=O) groups excluding carboxylic acids is 2. The zero-order valence-corrected chi connectivity index (χ0v) is 15.9. The maximum Gasteiger partial charge on any atom is 0.416 e. The Morgan fingerprint density at radius 3 is 2.34 bits per heavy atom. The quantitative estimate of drug-likeness (QED) is 0.589.